The third-order valence-corrected chi connectivity index (χ3v) is 2.35. The highest BCUT2D eigenvalue weighted by Crippen LogP contribution is 2.23. The standard InChI is InChI=1S/C11H12ClF2NO3/c12-11(13,14)9(6-16)15-10(17)18-7-8-4-2-1-3-5-8/h1-5,9,16H,6-7H2,(H,15,17)/t9-/m1/s1. The van der Waals surface area contributed by atoms with Crippen LogP contribution in [0.3, 0.4) is 0 Å². The maximum atomic E-state index is 12.6. The Kier molecular flexibility index (Phi) is 5.30. The molecular weight excluding hydrogens is 268 g/mol. The predicted molar refractivity (Wildman–Crippen MR) is 61.4 cm³/mol. The summed E-state index contributed by atoms with van der Waals surface area (Å²) in [7, 11) is 0. The number of ether oxygens (including phenoxy) is 1. The minimum atomic E-state index is -3.74. The number of amides is 1. The topological polar surface area (TPSA) is 58.6 Å². The molecule has 1 atom stereocenters. The Morgan fingerprint density at radius 1 is 1.44 bits per heavy atom. The van der Waals surface area contributed by atoms with Crippen molar-refractivity contribution in [2.75, 3.05) is 6.61 Å². The van der Waals surface area contributed by atoms with Crippen molar-refractivity contribution in [3.05, 3.63) is 35.9 Å². The zero-order valence-corrected chi connectivity index (χ0v) is 10.0. The number of carbonyl (C=O) groups excluding carboxylic acids is 1. The van der Waals surface area contributed by atoms with Crippen LogP contribution in [0, 0.1) is 0 Å². The number of benzene rings is 1. The van der Waals surface area contributed by atoms with Gasteiger partial charge in [-0.3, -0.25) is 0 Å². The fraction of sp³-hybridized carbons (Fsp3) is 0.364. The SMILES string of the molecule is O=C(N[C@H](CO)C(F)(F)Cl)OCc1ccccc1. The Bertz CT molecular complexity index is 384. The molecule has 0 saturated carbocycles. The van der Waals surface area contributed by atoms with Gasteiger partial charge in [0.05, 0.1) is 6.61 Å². The van der Waals surface area contributed by atoms with E-state index in [2.05, 4.69) is 0 Å². The highest BCUT2D eigenvalue weighted by molar-refractivity contribution is 6.22. The molecule has 0 aliphatic carbocycles. The van der Waals surface area contributed by atoms with E-state index in [0.29, 0.717) is 5.56 Å². The lowest BCUT2D eigenvalue weighted by atomic mass is 10.2. The normalized spacial score (nSPS) is 12.9. The second-order valence-corrected chi connectivity index (χ2v) is 3.99. The van der Waals surface area contributed by atoms with Crippen molar-refractivity contribution < 1.29 is 23.4 Å². The minimum Gasteiger partial charge on any atom is -0.445 e. The van der Waals surface area contributed by atoms with Gasteiger partial charge in [-0.15, -0.1) is 0 Å². The number of hydrogen-bond donors (Lipinski definition) is 2. The van der Waals surface area contributed by atoms with Gasteiger partial charge in [0.1, 0.15) is 12.6 Å². The molecule has 1 amide bonds. The van der Waals surface area contributed by atoms with Crippen molar-refractivity contribution >= 4 is 17.7 Å². The van der Waals surface area contributed by atoms with E-state index in [0.717, 1.165) is 0 Å². The summed E-state index contributed by atoms with van der Waals surface area (Å²) < 4.78 is 30.0. The average molecular weight is 280 g/mol. The highest BCUT2D eigenvalue weighted by atomic mass is 35.5. The van der Waals surface area contributed by atoms with Crippen molar-refractivity contribution in [3.63, 3.8) is 0 Å². The van der Waals surface area contributed by atoms with Gasteiger partial charge in [-0.1, -0.05) is 30.3 Å². The molecule has 1 aromatic rings. The van der Waals surface area contributed by atoms with Gasteiger partial charge in [0.2, 0.25) is 0 Å². The molecule has 0 aliphatic heterocycles. The molecule has 0 fully saturated rings. The molecule has 0 radical (unpaired) electrons. The number of alkyl carbamates (subject to hydrolysis) is 1. The Morgan fingerprint density at radius 3 is 2.56 bits per heavy atom. The lowest BCUT2D eigenvalue weighted by Crippen LogP contribution is -2.47. The summed E-state index contributed by atoms with van der Waals surface area (Å²) in [5, 5.41) is 6.71. The number of hydrogen-bond acceptors (Lipinski definition) is 3. The number of halogens is 3. The zero-order valence-electron chi connectivity index (χ0n) is 9.28. The largest absolute Gasteiger partial charge is 0.445 e. The molecule has 1 aromatic carbocycles. The van der Waals surface area contributed by atoms with Crippen LogP contribution in [0.2, 0.25) is 0 Å². The van der Waals surface area contributed by atoms with Crippen LogP contribution in [0.25, 0.3) is 0 Å². The van der Waals surface area contributed by atoms with Crippen LogP contribution < -0.4 is 5.32 Å². The summed E-state index contributed by atoms with van der Waals surface area (Å²) >= 11 is 4.70. The van der Waals surface area contributed by atoms with Gasteiger partial charge < -0.3 is 15.2 Å². The van der Waals surface area contributed by atoms with Gasteiger partial charge in [0.15, 0.2) is 0 Å². The highest BCUT2D eigenvalue weighted by Gasteiger charge is 2.38. The first-order chi connectivity index (χ1) is 8.43. The second kappa shape index (κ2) is 6.51. The second-order valence-electron chi connectivity index (χ2n) is 3.48. The Hall–Kier alpha value is -1.40. The molecule has 0 aliphatic rings. The molecule has 0 unspecified atom stereocenters. The van der Waals surface area contributed by atoms with Crippen LogP contribution in [0.4, 0.5) is 13.6 Å². The van der Waals surface area contributed by atoms with Gasteiger partial charge in [-0.05, 0) is 17.2 Å². The van der Waals surface area contributed by atoms with Crippen molar-refractivity contribution in [2.24, 2.45) is 0 Å². The van der Waals surface area contributed by atoms with Crippen molar-refractivity contribution in [3.8, 4) is 0 Å². The first-order valence-electron chi connectivity index (χ1n) is 5.08. The third-order valence-electron chi connectivity index (χ3n) is 2.08. The maximum Gasteiger partial charge on any atom is 0.408 e. The number of aliphatic hydroxyl groups excluding tert-OH is 1. The Labute approximate surface area is 108 Å². The van der Waals surface area contributed by atoms with Gasteiger partial charge in [-0.25, -0.2) is 4.79 Å². The van der Waals surface area contributed by atoms with Crippen LogP contribution in [-0.2, 0) is 11.3 Å². The van der Waals surface area contributed by atoms with Crippen molar-refractivity contribution in [1.29, 1.82) is 0 Å². The molecule has 100 valence electrons. The van der Waals surface area contributed by atoms with E-state index in [-0.39, 0.29) is 6.61 Å². The van der Waals surface area contributed by atoms with E-state index in [1.54, 1.807) is 35.6 Å². The van der Waals surface area contributed by atoms with E-state index in [9.17, 15) is 13.6 Å². The molecule has 2 N–H and O–H groups in total. The number of rotatable bonds is 5. The van der Waals surface area contributed by atoms with E-state index < -0.39 is 24.1 Å². The summed E-state index contributed by atoms with van der Waals surface area (Å²) in [5.41, 5.74) is 0.714. The van der Waals surface area contributed by atoms with E-state index in [1.165, 1.54) is 0 Å². The molecule has 0 heterocycles. The van der Waals surface area contributed by atoms with Crippen LogP contribution >= 0.6 is 11.6 Å². The first kappa shape index (κ1) is 14.7. The van der Waals surface area contributed by atoms with E-state index in [4.69, 9.17) is 21.4 Å². The molecule has 0 saturated heterocycles. The van der Waals surface area contributed by atoms with Gasteiger partial charge in [0, 0.05) is 0 Å². The molecule has 4 nitrogen and oxygen atoms in total. The summed E-state index contributed by atoms with van der Waals surface area (Å²) in [6, 6.07) is 6.84. The number of carbonyl (C=O) groups is 1. The molecule has 18 heavy (non-hydrogen) atoms. The smallest absolute Gasteiger partial charge is 0.408 e. The lowest BCUT2D eigenvalue weighted by Gasteiger charge is -2.20. The first-order valence-corrected chi connectivity index (χ1v) is 5.46. The molecule has 7 heteroatoms. The summed E-state index contributed by atoms with van der Waals surface area (Å²) in [4.78, 5) is 11.2. The molecule has 1 rings (SSSR count). The molecule has 0 bridgehead atoms. The van der Waals surface area contributed by atoms with Gasteiger partial charge in [-0.2, -0.15) is 8.78 Å². The minimum absolute atomic E-state index is 0.0569. The van der Waals surface area contributed by atoms with Crippen LogP contribution in [0.1, 0.15) is 5.56 Å². The van der Waals surface area contributed by atoms with Crippen LogP contribution in [0.5, 0.6) is 0 Å². The fourth-order valence-corrected chi connectivity index (χ4v) is 1.26. The fourth-order valence-electron chi connectivity index (χ4n) is 1.14. The summed E-state index contributed by atoms with van der Waals surface area (Å²) in [5.74, 6) is 0. The van der Waals surface area contributed by atoms with Crippen molar-refractivity contribution in [2.45, 2.75) is 18.0 Å². The lowest BCUT2D eigenvalue weighted by molar-refractivity contribution is 0.0216. The van der Waals surface area contributed by atoms with Crippen molar-refractivity contribution in [1.82, 2.24) is 5.32 Å². The monoisotopic (exact) mass is 279 g/mol. The van der Waals surface area contributed by atoms with Crippen LogP contribution in [0.15, 0.2) is 30.3 Å². The van der Waals surface area contributed by atoms with E-state index in [1.807, 2.05) is 0 Å². The Balaban J connectivity index is 2.42. The quantitative estimate of drug-likeness (QED) is 0.812. The molecule has 0 spiro atoms. The predicted octanol–water partition coefficient (Wildman–Crippen LogP) is 2.11. The zero-order chi connectivity index (χ0) is 13.6. The Morgan fingerprint density at radius 2 is 2.06 bits per heavy atom. The maximum absolute atomic E-state index is 12.6. The molecular formula is C11H12ClF2NO3. The van der Waals surface area contributed by atoms with Gasteiger partial charge >= 0.3 is 11.5 Å². The number of nitrogens with one attached hydrogen (secondary N) is 1. The number of alkyl halides is 3. The van der Waals surface area contributed by atoms with Crippen LogP contribution in [-0.4, -0.2) is 29.2 Å². The summed E-state index contributed by atoms with van der Waals surface area (Å²) in [6.07, 6.45) is -1.07. The third kappa shape index (κ3) is 4.85. The van der Waals surface area contributed by atoms with E-state index >= 15 is 0 Å². The number of aliphatic hydroxyl groups is 1. The van der Waals surface area contributed by atoms with Gasteiger partial charge in [0.25, 0.3) is 0 Å². The average Bonchev–Trinajstić information content (AvgIpc) is 2.33. The summed E-state index contributed by atoms with van der Waals surface area (Å²) in [6.45, 7) is -1.05. The molecule has 0 aromatic heterocycles.